The molecule has 3 atom stereocenters. The average molecular weight is 426 g/mol. The zero-order chi connectivity index (χ0) is 21.3. The summed E-state index contributed by atoms with van der Waals surface area (Å²) in [6, 6.07) is 11.8. The fourth-order valence-corrected chi connectivity index (χ4v) is 5.21. The zero-order valence-corrected chi connectivity index (χ0v) is 18.4. The standard InChI is InChI=1S/C23H27N3O3S/c1-14-8-7-11-19(15(14)2)24-21(27)13-29-23(28)20-12-18-16(3)25-26(22(18)30-20)17-9-5-4-6-10-17/h4-6,9-10,12,14-15,19H,7-8,11,13H2,1-3H3,(H,24,27)/t14-,15+,19-/m1/s1. The summed E-state index contributed by atoms with van der Waals surface area (Å²) < 4.78 is 7.15. The number of aryl methyl sites for hydroxylation is 1. The number of hydrogen-bond donors (Lipinski definition) is 1. The minimum absolute atomic E-state index is 0.156. The number of carbonyl (C=O) groups is 2. The number of para-hydroxylation sites is 1. The van der Waals surface area contributed by atoms with Crippen molar-refractivity contribution in [3.8, 4) is 5.69 Å². The second-order valence-corrected chi connectivity index (χ2v) is 9.21. The van der Waals surface area contributed by atoms with Gasteiger partial charge in [-0.05, 0) is 43.4 Å². The molecule has 1 amide bonds. The van der Waals surface area contributed by atoms with Crippen LogP contribution in [0, 0.1) is 18.8 Å². The number of ether oxygens (including phenoxy) is 1. The van der Waals surface area contributed by atoms with E-state index in [2.05, 4.69) is 24.3 Å². The van der Waals surface area contributed by atoms with Crippen LogP contribution in [0.1, 0.15) is 48.5 Å². The number of nitrogens with zero attached hydrogens (tertiary/aromatic N) is 2. The largest absolute Gasteiger partial charge is 0.451 e. The van der Waals surface area contributed by atoms with Gasteiger partial charge in [0.2, 0.25) is 0 Å². The van der Waals surface area contributed by atoms with Gasteiger partial charge in [-0.2, -0.15) is 5.10 Å². The van der Waals surface area contributed by atoms with Gasteiger partial charge in [0.25, 0.3) is 5.91 Å². The third kappa shape index (κ3) is 4.12. The molecule has 0 unspecified atom stereocenters. The predicted octanol–water partition coefficient (Wildman–Crippen LogP) is 4.49. The summed E-state index contributed by atoms with van der Waals surface area (Å²) in [5, 5.41) is 8.55. The maximum Gasteiger partial charge on any atom is 0.348 e. The molecule has 1 N–H and O–H groups in total. The van der Waals surface area contributed by atoms with Crippen LogP contribution in [0.25, 0.3) is 15.9 Å². The highest BCUT2D eigenvalue weighted by atomic mass is 32.1. The number of fused-ring (bicyclic) bond motifs is 1. The quantitative estimate of drug-likeness (QED) is 0.611. The maximum absolute atomic E-state index is 12.6. The van der Waals surface area contributed by atoms with Crippen molar-refractivity contribution in [1.82, 2.24) is 15.1 Å². The molecule has 0 bridgehead atoms. The van der Waals surface area contributed by atoms with Crippen LogP contribution in [0.15, 0.2) is 36.4 Å². The molecule has 158 valence electrons. The summed E-state index contributed by atoms with van der Waals surface area (Å²) in [4.78, 5) is 26.2. The number of carbonyl (C=O) groups excluding carboxylic acids is 2. The van der Waals surface area contributed by atoms with Crippen LogP contribution < -0.4 is 5.32 Å². The Morgan fingerprint density at radius 3 is 2.77 bits per heavy atom. The van der Waals surface area contributed by atoms with Gasteiger partial charge in [-0.3, -0.25) is 4.79 Å². The molecular formula is C23H27N3O3S. The van der Waals surface area contributed by atoms with Crippen molar-refractivity contribution in [1.29, 1.82) is 0 Å². The Morgan fingerprint density at radius 1 is 1.23 bits per heavy atom. The van der Waals surface area contributed by atoms with Crippen molar-refractivity contribution < 1.29 is 14.3 Å². The van der Waals surface area contributed by atoms with Gasteiger partial charge in [0, 0.05) is 11.4 Å². The Morgan fingerprint density at radius 2 is 2.00 bits per heavy atom. The number of esters is 1. The summed E-state index contributed by atoms with van der Waals surface area (Å²) in [6.45, 7) is 6.07. The molecule has 1 aliphatic rings. The molecule has 30 heavy (non-hydrogen) atoms. The van der Waals surface area contributed by atoms with E-state index in [1.165, 1.54) is 17.8 Å². The van der Waals surface area contributed by atoms with Crippen LogP contribution >= 0.6 is 11.3 Å². The van der Waals surface area contributed by atoms with Crippen molar-refractivity contribution in [3.63, 3.8) is 0 Å². The summed E-state index contributed by atoms with van der Waals surface area (Å²) in [6.07, 6.45) is 3.31. The number of thiophene rings is 1. The molecule has 2 heterocycles. The van der Waals surface area contributed by atoms with Crippen molar-refractivity contribution in [2.24, 2.45) is 11.8 Å². The molecule has 2 aromatic heterocycles. The van der Waals surface area contributed by atoms with Crippen LogP contribution in [0.4, 0.5) is 0 Å². The molecule has 1 saturated carbocycles. The highest BCUT2D eigenvalue weighted by Gasteiger charge is 2.28. The minimum Gasteiger partial charge on any atom is -0.451 e. The third-order valence-electron chi connectivity index (χ3n) is 6.13. The molecule has 6 nitrogen and oxygen atoms in total. The maximum atomic E-state index is 12.6. The average Bonchev–Trinajstić information content (AvgIpc) is 3.31. The summed E-state index contributed by atoms with van der Waals surface area (Å²) >= 11 is 1.33. The fraction of sp³-hybridized carbons (Fsp3) is 0.435. The number of amides is 1. The van der Waals surface area contributed by atoms with Gasteiger partial charge in [0.15, 0.2) is 6.61 Å². The van der Waals surface area contributed by atoms with Crippen molar-refractivity contribution in [2.75, 3.05) is 6.61 Å². The molecule has 0 saturated heterocycles. The van der Waals surface area contributed by atoms with Crippen molar-refractivity contribution >= 4 is 33.4 Å². The Bertz CT molecular complexity index is 1060. The normalized spacial score (nSPS) is 21.5. The molecule has 0 radical (unpaired) electrons. The number of aromatic nitrogens is 2. The lowest BCUT2D eigenvalue weighted by Gasteiger charge is -2.34. The van der Waals surface area contributed by atoms with Gasteiger partial charge in [0.1, 0.15) is 9.71 Å². The van der Waals surface area contributed by atoms with Crippen LogP contribution in [-0.4, -0.2) is 34.3 Å². The first-order valence-corrected chi connectivity index (χ1v) is 11.3. The molecule has 1 aliphatic carbocycles. The minimum atomic E-state index is -0.476. The van der Waals surface area contributed by atoms with Gasteiger partial charge in [-0.1, -0.05) is 44.9 Å². The molecule has 4 rings (SSSR count). The van der Waals surface area contributed by atoms with E-state index in [9.17, 15) is 9.59 Å². The number of hydrogen-bond acceptors (Lipinski definition) is 5. The SMILES string of the molecule is Cc1nn(-c2ccccc2)c2sc(C(=O)OCC(=O)N[C@@H]3CCC[C@@H](C)[C@@H]3C)cc12. The predicted molar refractivity (Wildman–Crippen MR) is 118 cm³/mol. The van der Waals surface area contributed by atoms with Crippen LogP contribution in [0.2, 0.25) is 0 Å². The Balaban J connectivity index is 1.42. The van der Waals surface area contributed by atoms with Gasteiger partial charge in [-0.15, -0.1) is 11.3 Å². The number of benzene rings is 1. The van der Waals surface area contributed by atoms with E-state index < -0.39 is 5.97 Å². The smallest absolute Gasteiger partial charge is 0.348 e. The first-order valence-electron chi connectivity index (χ1n) is 10.4. The van der Waals surface area contributed by atoms with E-state index in [0.717, 1.165) is 34.4 Å². The molecular weight excluding hydrogens is 398 g/mol. The highest BCUT2D eigenvalue weighted by Crippen LogP contribution is 2.31. The third-order valence-corrected chi connectivity index (χ3v) is 7.22. The number of rotatable bonds is 5. The first-order chi connectivity index (χ1) is 14.4. The van der Waals surface area contributed by atoms with E-state index in [4.69, 9.17) is 4.74 Å². The summed E-state index contributed by atoms with van der Waals surface area (Å²) in [5.74, 6) is 0.319. The van der Waals surface area contributed by atoms with E-state index in [1.807, 2.05) is 41.9 Å². The van der Waals surface area contributed by atoms with E-state index in [1.54, 1.807) is 6.07 Å². The van der Waals surface area contributed by atoms with Crippen molar-refractivity contribution in [2.45, 2.75) is 46.1 Å². The molecule has 1 aromatic carbocycles. The fourth-order valence-electron chi connectivity index (χ4n) is 4.13. The number of nitrogens with one attached hydrogen (secondary N) is 1. The van der Waals surface area contributed by atoms with Crippen LogP contribution in [0.3, 0.4) is 0 Å². The Labute approximate surface area is 180 Å². The van der Waals surface area contributed by atoms with Gasteiger partial charge in [0.05, 0.1) is 11.4 Å². The van der Waals surface area contributed by atoms with Gasteiger partial charge >= 0.3 is 5.97 Å². The summed E-state index contributed by atoms with van der Waals surface area (Å²) in [5.41, 5.74) is 1.79. The van der Waals surface area contributed by atoms with Gasteiger partial charge < -0.3 is 10.1 Å². The second-order valence-electron chi connectivity index (χ2n) is 8.18. The molecule has 7 heteroatoms. The summed E-state index contributed by atoms with van der Waals surface area (Å²) in [7, 11) is 0. The lowest BCUT2D eigenvalue weighted by molar-refractivity contribution is -0.125. The topological polar surface area (TPSA) is 73.2 Å². The highest BCUT2D eigenvalue weighted by molar-refractivity contribution is 7.20. The Hall–Kier alpha value is -2.67. The van der Waals surface area contributed by atoms with E-state index in [-0.39, 0.29) is 18.6 Å². The monoisotopic (exact) mass is 425 g/mol. The van der Waals surface area contributed by atoms with Crippen LogP contribution in [-0.2, 0) is 9.53 Å². The van der Waals surface area contributed by atoms with Crippen LogP contribution in [0.5, 0.6) is 0 Å². The lowest BCUT2D eigenvalue weighted by Crippen LogP contribution is -2.45. The second kappa shape index (κ2) is 8.60. The van der Waals surface area contributed by atoms with Gasteiger partial charge in [-0.25, -0.2) is 9.48 Å². The van der Waals surface area contributed by atoms with E-state index >= 15 is 0 Å². The first kappa shape index (κ1) is 20.6. The Kier molecular flexibility index (Phi) is 5.90. The molecule has 0 aliphatic heterocycles. The lowest BCUT2D eigenvalue weighted by atomic mass is 9.78. The van der Waals surface area contributed by atoms with E-state index in [0.29, 0.717) is 16.7 Å². The van der Waals surface area contributed by atoms with Crippen molar-refractivity contribution in [3.05, 3.63) is 47.0 Å². The molecule has 1 fully saturated rings. The molecule has 3 aromatic rings. The molecule has 0 spiro atoms. The zero-order valence-electron chi connectivity index (χ0n) is 17.6.